The Bertz CT molecular complexity index is 770. The van der Waals surface area contributed by atoms with Crippen LogP contribution in [0.2, 0.25) is 0 Å². The Morgan fingerprint density at radius 3 is 2.84 bits per heavy atom. The van der Waals surface area contributed by atoms with E-state index in [9.17, 15) is 4.79 Å². The minimum atomic E-state index is -0.479. The average molecular weight is 343 g/mol. The first-order chi connectivity index (χ1) is 11.9. The summed E-state index contributed by atoms with van der Waals surface area (Å²) < 4.78 is 11.0. The monoisotopic (exact) mass is 343 g/mol. The van der Waals surface area contributed by atoms with Gasteiger partial charge in [0, 0.05) is 30.7 Å². The summed E-state index contributed by atoms with van der Waals surface area (Å²) in [5.41, 5.74) is 1.35. The van der Waals surface area contributed by atoms with Crippen molar-refractivity contribution >= 4 is 22.7 Å². The fraction of sp³-hybridized carbons (Fsp3) is 0.474. The predicted octanol–water partition coefficient (Wildman–Crippen LogP) is 3.66. The maximum Gasteiger partial charge on any atom is 0.410 e. The SMILES string of the molecule is COc1ccc2ncccc2c1NC1CCN(C(=O)OC(C)(C)C)C1. The molecule has 0 bridgehead atoms. The summed E-state index contributed by atoms with van der Waals surface area (Å²) in [6, 6.07) is 7.94. The highest BCUT2D eigenvalue weighted by atomic mass is 16.6. The molecule has 1 amide bonds. The van der Waals surface area contributed by atoms with Crippen molar-refractivity contribution in [3.63, 3.8) is 0 Å². The lowest BCUT2D eigenvalue weighted by molar-refractivity contribution is 0.0293. The van der Waals surface area contributed by atoms with Gasteiger partial charge in [0.25, 0.3) is 0 Å². The molecule has 1 unspecified atom stereocenters. The second-order valence-electron chi connectivity index (χ2n) is 7.27. The van der Waals surface area contributed by atoms with Crippen LogP contribution in [-0.2, 0) is 4.74 Å². The number of aromatic nitrogens is 1. The summed E-state index contributed by atoms with van der Waals surface area (Å²) in [6.07, 6.45) is 2.38. The van der Waals surface area contributed by atoms with Crippen LogP contribution in [0.4, 0.5) is 10.5 Å². The van der Waals surface area contributed by atoms with E-state index < -0.39 is 5.60 Å². The maximum atomic E-state index is 12.2. The summed E-state index contributed by atoms with van der Waals surface area (Å²) >= 11 is 0. The molecule has 1 saturated heterocycles. The number of amides is 1. The number of ether oxygens (including phenoxy) is 2. The fourth-order valence-electron chi connectivity index (χ4n) is 3.03. The number of rotatable bonds is 3. The van der Waals surface area contributed by atoms with E-state index in [2.05, 4.69) is 10.3 Å². The second-order valence-corrected chi connectivity index (χ2v) is 7.27. The molecule has 6 heteroatoms. The Morgan fingerprint density at radius 1 is 1.32 bits per heavy atom. The molecule has 3 rings (SSSR count). The van der Waals surface area contributed by atoms with Gasteiger partial charge in [-0.05, 0) is 51.5 Å². The lowest BCUT2D eigenvalue weighted by atomic mass is 10.1. The molecule has 2 heterocycles. The molecular formula is C19H25N3O3. The van der Waals surface area contributed by atoms with Crippen LogP contribution in [0.25, 0.3) is 10.9 Å². The number of carbonyl (C=O) groups excluding carboxylic acids is 1. The zero-order chi connectivity index (χ0) is 18.0. The molecule has 1 aliphatic heterocycles. The number of nitrogens with zero attached hydrogens (tertiary/aromatic N) is 2. The number of fused-ring (bicyclic) bond motifs is 1. The van der Waals surface area contributed by atoms with E-state index in [0.717, 1.165) is 28.8 Å². The Labute approximate surface area is 148 Å². The lowest BCUT2D eigenvalue weighted by Crippen LogP contribution is -2.36. The van der Waals surface area contributed by atoms with Gasteiger partial charge in [-0.2, -0.15) is 0 Å². The van der Waals surface area contributed by atoms with Crippen LogP contribution >= 0.6 is 0 Å². The second kappa shape index (κ2) is 6.78. The average Bonchev–Trinajstić information content (AvgIpc) is 3.02. The molecular weight excluding hydrogens is 318 g/mol. The Morgan fingerprint density at radius 2 is 2.12 bits per heavy atom. The number of hydrogen-bond donors (Lipinski definition) is 1. The first-order valence-electron chi connectivity index (χ1n) is 8.53. The summed E-state index contributed by atoms with van der Waals surface area (Å²) in [7, 11) is 1.66. The third-order valence-electron chi connectivity index (χ3n) is 4.16. The first kappa shape index (κ1) is 17.3. The van der Waals surface area contributed by atoms with Crippen LogP contribution in [0.1, 0.15) is 27.2 Å². The molecule has 134 valence electrons. The molecule has 6 nitrogen and oxygen atoms in total. The van der Waals surface area contributed by atoms with Gasteiger partial charge in [-0.25, -0.2) is 4.79 Å². The van der Waals surface area contributed by atoms with E-state index >= 15 is 0 Å². The molecule has 1 fully saturated rings. The third-order valence-corrected chi connectivity index (χ3v) is 4.16. The van der Waals surface area contributed by atoms with Gasteiger partial charge in [0.05, 0.1) is 18.3 Å². The summed E-state index contributed by atoms with van der Waals surface area (Å²) in [6.45, 7) is 6.92. The number of likely N-dealkylation sites (tertiary alicyclic amines) is 1. The predicted molar refractivity (Wildman–Crippen MR) is 98.1 cm³/mol. The number of anilines is 1. The maximum absolute atomic E-state index is 12.2. The van der Waals surface area contributed by atoms with E-state index in [0.29, 0.717) is 13.1 Å². The van der Waals surface area contributed by atoms with Crippen LogP contribution in [0.5, 0.6) is 5.75 Å². The van der Waals surface area contributed by atoms with E-state index in [-0.39, 0.29) is 12.1 Å². The largest absolute Gasteiger partial charge is 0.495 e. The van der Waals surface area contributed by atoms with Crippen molar-refractivity contribution in [2.45, 2.75) is 38.8 Å². The normalized spacial score (nSPS) is 17.6. The Balaban J connectivity index is 1.76. The van der Waals surface area contributed by atoms with Crippen molar-refractivity contribution in [2.24, 2.45) is 0 Å². The van der Waals surface area contributed by atoms with Crippen molar-refractivity contribution in [1.29, 1.82) is 0 Å². The van der Waals surface area contributed by atoms with Crippen molar-refractivity contribution in [3.8, 4) is 5.75 Å². The topological polar surface area (TPSA) is 63.7 Å². The van der Waals surface area contributed by atoms with Gasteiger partial charge >= 0.3 is 6.09 Å². The molecule has 0 aliphatic carbocycles. The highest BCUT2D eigenvalue weighted by Gasteiger charge is 2.30. The van der Waals surface area contributed by atoms with Gasteiger partial charge in [-0.1, -0.05) is 0 Å². The smallest absolute Gasteiger partial charge is 0.410 e. The number of pyridine rings is 1. The van der Waals surface area contributed by atoms with Crippen molar-refractivity contribution in [1.82, 2.24) is 9.88 Å². The van der Waals surface area contributed by atoms with E-state index in [1.165, 1.54) is 0 Å². The molecule has 2 aromatic rings. The summed E-state index contributed by atoms with van der Waals surface area (Å²) in [5, 5.41) is 4.55. The molecule has 1 atom stereocenters. The van der Waals surface area contributed by atoms with Crippen LogP contribution in [0, 0.1) is 0 Å². The standard InChI is InChI=1S/C19H25N3O3/c1-19(2,3)25-18(23)22-11-9-13(12-22)21-17-14-6-5-10-20-15(14)7-8-16(17)24-4/h5-8,10,13,21H,9,11-12H2,1-4H3. The van der Waals surface area contributed by atoms with Crippen molar-refractivity contribution < 1.29 is 14.3 Å². The number of hydrogen-bond acceptors (Lipinski definition) is 5. The summed E-state index contributed by atoms with van der Waals surface area (Å²) in [4.78, 5) is 18.4. The van der Waals surface area contributed by atoms with Crippen LogP contribution in [0.15, 0.2) is 30.5 Å². The molecule has 1 aliphatic rings. The van der Waals surface area contributed by atoms with Crippen LogP contribution < -0.4 is 10.1 Å². The van der Waals surface area contributed by atoms with E-state index in [1.54, 1.807) is 18.2 Å². The van der Waals surface area contributed by atoms with Gasteiger partial charge in [0.1, 0.15) is 11.4 Å². The highest BCUT2D eigenvalue weighted by Crippen LogP contribution is 2.33. The zero-order valence-electron chi connectivity index (χ0n) is 15.2. The molecule has 1 N–H and O–H groups in total. The minimum absolute atomic E-state index is 0.146. The van der Waals surface area contributed by atoms with Gasteiger partial charge < -0.3 is 19.7 Å². The highest BCUT2D eigenvalue weighted by molar-refractivity contribution is 5.94. The van der Waals surface area contributed by atoms with E-state index in [4.69, 9.17) is 9.47 Å². The molecule has 0 saturated carbocycles. The molecule has 1 aromatic heterocycles. The molecule has 0 spiro atoms. The van der Waals surface area contributed by atoms with Gasteiger partial charge in [0.2, 0.25) is 0 Å². The number of nitrogens with one attached hydrogen (secondary N) is 1. The molecule has 0 radical (unpaired) electrons. The number of methoxy groups -OCH3 is 1. The van der Waals surface area contributed by atoms with Crippen molar-refractivity contribution in [3.05, 3.63) is 30.5 Å². The summed E-state index contributed by atoms with van der Waals surface area (Å²) in [5.74, 6) is 0.774. The zero-order valence-corrected chi connectivity index (χ0v) is 15.2. The number of carbonyl (C=O) groups is 1. The molecule has 1 aromatic carbocycles. The van der Waals surface area contributed by atoms with E-state index in [1.807, 2.05) is 45.0 Å². The Hall–Kier alpha value is -2.50. The third kappa shape index (κ3) is 3.95. The molecule has 25 heavy (non-hydrogen) atoms. The lowest BCUT2D eigenvalue weighted by Gasteiger charge is -2.24. The number of benzene rings is 1. The fourth-order valence-corrected chi connectivity index (χ4v) is 3.03. The first-order valence-corrected chi connectivity index (χ1v) is 8.53. The van der Waals surface area contributed by atoms with Crippen molar-refractivity contribution in [2.75, 3.05) is 25.5 Å². The minimum Gasteiger partial charge on any atom is -0.495 e. The van der Waals surface area contributed by atoms with Crippen LogP contribution in [-0.4, -0.2) is 47.8 Å². The van der Waals surface area contributed by atoms with Crippen LogP contribution in [0.3, 0.4) is 0 Å². The van der Waals surface area contributed by atoms with Gasteiger partial charge in [-0.15, -0.1) is 0 Å². The van der Waals surface area contributed by atoms with Gasteiger partial charge in [-0.3, -0.25) is 4.98 Å². The quantitative estimate of drug-likeness (QED) is 0.921. The Kier molecular flexibility index (Phi) is 4.70. The van der Waals surface area contributed by atoms with Gasteiger partial charge in [0.15, 0.2) is 0 Å².